The van der Waals surface area contributed by atoms with Crippen LogP contribution in [0.15, 0.2) is 30.6 Å². The maximum Gasteiger partial charge on any atom is 0.132 e. The molecule has 2 rings (SSSR count). The van der Waals surface area contributed by atoms with E-state index in [9.17, 15) is 4.39 Å². The van der Waals surface area contributed by atoms with Crippen LogP contribution < -0.4 is 10.1 Å². The number of nitrogens with one attached hydrogen (secondary N) is 2. The van der Waals surface area contributed by atoms with E-state index in [0.29, 0.717) is 11.3 Å². The second-order valence-electron chi connectivity index (χ2n) is 3.71. The molecule has 0 bridgehead atoms. The van der Waals surface area contributed by atoms with Gasteiger partial charge in [-0.2, -0.15) is 5.10 Å². The lowest BCUT2D eigenvalue weighted by Crippen LogP contribution is -2.09. The van der Waals surface area contributed by atoms with Crippen LogP contribution in [0.2, 0.25) is 0 Å². The van der Waals surface area contributed by atoms with Gasteiger partial charge in [0.25, 0.3) is 0 Å². The van der Waals surface area contributed by atoms with E-state index in [0.717, 1.165) is 5.69 Å². The van der Waals surface area contributed by atoms with Crippen molar-refractivity contribution in [2.75, 3.05) is 12.4 Å². The van der Waals surface area contributed by atoms with Crippen molar-refractivity contribution in [2.45, 2.75) is 13.0 Å². The second kappa shape index (κ2) is 4.86. The minimum absolute atomic E-state index is 0.205. The molecule has 1 atom stereocenters. The molecule has 2 N–H and O–H groups in total. The second-order valence-corrected chi connectivity index (χ2v) is 3.71. The molecule has 0 saturated carbocycles. The number of ether oxygens (including phenoxy) is 1. The number of aromatic nitrogens is 2. The van der Waals surface area contributed by atoms with Crippen LogP contribution in [-0.4, -0.2) is 17.3 Å². The normalized spacial score (nSPS) is 12.2. The number of halogens is 1. The molecule has 0 aliphatic heterocycles. The third-order valence-electron chi connectivity index (χ3n) is 2.55. The standard InChI is InChI=1S/C12H14FN3O/c1-8(16-9-6-14-15-7-9)12-10(13)4-3-5-11(12)17-2/h3-8,16H,1-2H3,(H,14,15). The topological polar surface area (TPSA) is 49.9 Å². The summed E-state index contributed by atoms with van der Waals surface area (Å²) in [6, 6.07) is 4.59. The van der Waals surface area contributed by atoms with Gasteiger partial charge in [0, 0.05) is 6.20 Å². The molecule has 0 fully saturated rings. The summed E-state index contributed by atoms with van der Waals surface area (Å²) in [6.45, 7) is 1.87. The SMILES string of the molecule is COc1cccc(F)c1C(C)Nc1cn[nH]c1. The van der Waals surface area contributed by atoms with E-state index in [4.69, 9.17) is 4.74 Å². The Bertz CT molecular complexity index is 485. The van der Waals surface area contributed by atoms with Crippen LogP contribution in [0.3, 0.4) is 0 Å². The van der Waals surface area contributed by atoms with E-state index in [1.54, 1.807) is 24.5 Å². The Hall–Kier alpha value is -2.04. The predicted octanol–water partition coefficient (Wildman–Crippen LogP) is 2.73. The number of hydrogen-bond donors (Lipinski definition) is 2. The molecular weight excluding hydrogens is 221 g/mol. The number of anilines is 1. The summed E-state index contributed by atoms with van der Waals surface area (Å²) >= 11 is 0. The largest absolute Gasteiger partial charge is 0.496 e. The van der Waals surface area contributed by atoms with E-state index in [-0.39, 0.29) is 11.9 Å². The van der Waals surface area contributed by atoms with Crippen LogP contribution in [0.5, 0.6) is 5.75 Å². The zero-order valence-corrected chi connectivity index (χ0v) is 9.70. The number of hydrogen-bond acceptors (Lipinski definition) is 3. The lowest BCUT2D eigenvalue weighted by Gasteiger charge is -2.17. The van der Waals surface area contributed by atoms with Crippen molar-refractivity contribution in [1.82, 2.24) is 10.2 Å². The summed E-state index contributed by atoms with van der Waals surface area (Å²) in [5.74, 6) is 0.251. The van der Waals surface area contributed by atoms with E-state index in [1.807, 2.05) is 6.92 Å². The Labute approximate surface area is 98.8 Å². The molecule has 1 unspecified atom stereocenters. The molecule has 0 spiro atoms. The molecule has 1 aromatic carbocycles. The van der Waals surface area contributed by atoms with Crippen LogP contribution in [0.1, 0.15) is 18.5 Å². The van der Waals surface area contributed by atoms with Gasteiger partial charge in [-0.25, -0.2) is 4.39 Å². The highest BCUT2D eigenvalue weighted by Gasteiger charge is 2.16. The van der Waals surface area contributed by atoms with Gasteiger partial charge in [-0.15, -0.1) is 0 Å². The summed E-state index contributed by atoms with van der Waals surface area (Å²) < 4.78 is 18.9. The Morgan fingerprint density at radius 1 is 1.47 bits per heavy atom. The molecule has 0 radical (unpaired) electrons. The zero-order chi connectivity index (χ0) is 12.3. The smallest absolute Gasteiger partial charge is 0.132 e. The fraction of sp³-hybridized carbons (Fsp3) is 0.250. The van der Waals surface area contributed by atoms with Gasteiger partial charge < -0.3 is 10.1 Å². The summed E-state index contributed by atoms with van der Waals surface area (Å²) in [5, 5.41) is 9.65. The summed E-state index contributed by atoms with van der Waals surface area (Å²) in [4.78, 5) is 0. The van der Waals surface area contributed by atoms with Gasteiger partial charge >= 0.3 is 0 Å². The Morgan fingerprint density at radius 2 is 2.29 bits per heavy atom. The van der Waals surface area contributed by atoms with Crippen LogP contribution in [0.4, 0.5) is 10.1 Å². The highest BCUT2D eigenvalue weighted by atomic mass is 19.1. The van der Waals surface area contributed by atoms with E-state index in [2.05, 4.69) is 15.5 Å². The van der Waals surface area contributed by atoms with Gasteiger partial charge in [-0.3, -0.25) is 5.10 Å². The lowest BCUT2D eigenvalue weighted by molar-refractivity contribution is 0.402. The van der Waals surface area contributed by atoms with Crippen molar-refractivity contribution >= 4 is 5.69 Å². The molecule has 5 heteroatoms. The van der Waals surface area contributed by atoms with Gasteiger partial charge in [-0.05, 0) is 19.1 Å². The van der Waals surface area contributed by atoms with Crippen LogP contribution in [0.25, 0.3) is 0 Å². The van der Waals surface area contributed by atoms with Crippen molar-refractivity contribution < 1.29 is 9.13 Å². The van der Waals surface area contributed by atoms with Crippen LogP contribution >= 0.6 is 0 Å². The Morgan fingerprint density at radius 3 is 2.94 bits per heavy atom. The molecule has 17 heavy (non-hydrogen) atoms. The molecule has 1 heterocycles. The third kappa shape index (κ3) is 2.38. The number of methoxy groups -OCH3 is 1. The van der Waals surface area contributed by atoms with Crippen LogP contribution in [0, 0.1) is 5.82 Å². The molecule has 90 valence electrons. The summed E-state index contributed by atoms with van der Waals surface area (Å²) in [6.07, 6.45) is 3.35. The maximum atomic E-state index is 13.8. The highest BCUT2D eigenvalue weighted by molar-refractivity contribution is 5.45. The van der Waals surface area contributed by atoms with E-state index >= 15 is 0 Å². The molecular formula is C12H14FN3O. The number of rotatable bonds is 4. The molecule has 0 saturated heterocycles. The van der Waals surface area contributed by atoms with Crippen molar-refractivity contribution in [3.8, 4) is 5.75 Å². The van der Waals surface area contributed by atoms with Gasteiger partial charge in [-0.1, -0.05) is 6.07 Å². The summed E-state index contributed by atoms with van der Waals surface area (Å²) in [5.41, 5.74) is 1.32. The summed E-state index contributed by atoms with van der Waals surface area (Å²) in [7, 11) is 1.53. The minimum Gasteiger partial charge on any atom is -0.496 e. The first-order chi connectivity index (χ1) is 8.22. The quantitative estimate of drug-likeness (QED) is 0.856. The molecule has 0 aliphatic rings. The predicted molar refractivity (Wildman–Crippen MR) is 63.6 cm³/mol. The molecule has 4 nitrogen and oxygen atoms in total. The Kier molecular flexibility index (Phi) is 3.27. The first-order valence-electron chi connectivity index (χ1n) is 5.30. The van der Waals surface area contributed by atoms with E-state index < -0.39 is 0 Å². The fourth-order valence-electron chi connectivity index (χ4n) is 1.77. The van der Waals surface area contributed by atoms with Crippen molar-refractivity contribution in [2.24, 2.45) is 0 Å². The molecule has 0 aliphatic carbocycles. The van der Waals surface area contributed by atoms with Gasteiger partial charge in [0.1, 0.15) is 11.6 Å². The number of benzene rings is 1. The number of H-pyrrole nitrogens is 1. The van der Waals surface area contributed by atoms with Gasteiger partial charge in [0.05, 0.1) is 30.6 Å². The third-order valence-corrected chi connectivity index (χ3v) is 2.55. The first-order valence-corrected chi connectivity index (χ1v) is 5.30. The fourth-order valence-corrected chi connectivity index (χ4v) is 1.77. The maximum absolute atomic E-state index is 13.8. The lowest BCUT2D eigenvalue weighted by atomic mass is 10.1. The number of nitrogens with zero attached hydrogens (tertiary/aromatic N) is 1. The van der Waals surface area contributed by atoms with Crippen LogP contribution in [-0.2, 0) is 0 Å². The van der Waals surface area contributed by atoms with Crippen molar-refractivity contribution in [3.63, 3.8) is 0 Å². The average Bonchev–Trinajstić information content (AvgIpc) is 2.81. The van der Waals surface area contributed by atoms with Crippen molar-refractivity contribution in [3.05, 3.63) is 42.0 Å². The molecule has 0 amide bonds. The zero-order valence-electron chi connectivity index (χ0n) is 9.70. The van der Waals surface area contributed by atoms with E-state index in [1.165, 1.54) is 13.2 Å². The van der Waals surface area contributed by atoms with Crippen molar-refractivity contribution in [1.29, 1.82) is 0 Å². The van der Waals surface area contributed by atoms with Gasteiger partial charge in [0.2, 0.25) is 0 Å². The minimum atomic E-state index is -0.284. The van der Waals surface area contributed by atoms with Gasteiger partial charge in [0.15, 0.2) is 0 Å². The monoisotopic (exact) mass is 235 g/mol. The molecule has 1 aromatic heterocycles. The first kappa shape index (κ1) is 11.4. The Balaban J connectivity index is 2.26. The highest BCUT2D eigenvalue weighted by Crippen LogP contribution is 2.29. The number of aromatic amines is 1. The molecule has 2 aromatic rings. The average molecular weight is 235 g/mol.